The lowest BCUT2D eigenvalue weighted by Crippen LogP contribution is -2.28. The average molecular weight is 225 g/mol. The Bertz CT molecular complexity index is 165. The molecule has 0 aliphatic rings. The smallest absolute Gasteiger partial charge is 0.306 e. The molecule has 7 heteroatoms. The first-order valence-electron chi connectivity index (χ1n) is 4.31. The van der Waals surface area contributed by atoms with Crippen molar-refractivity contribution in [3.8, 4) is 0 Å². The monoisotopic (exact) mass is 225 g/mol. The van der Waals surface area contributed by atoms with Gasteiger partial charge in [-0.05, 0) is 12.8 Å². The van der Waals surface area contributed by atoms with Gasteiger partial charge >= 0.3 is 5.97 Å². The third kappa shape index (κ3) is 7.23. The van der Waals surface area contributed by atoms with E-state index in [0.29, 0.717) is 0 Å². The number of carboxylic acid groups (broad SMARTS) is 1. The van der Waals surface area contributed by atoms with Gasteiger partial charge in [-0.3, -0.25) is 4.79 Å². The second-order valence-corrected chi connectivity index (χ2v) is 3.18. The third-order valence-electron chi connectivity index (χ3n) is 1.88. The number of hydrogen-bond acceptors (Lipinski definition) is 6. The molecule has 0 bridgehead atoms. The van der Waals surface area contributed by atoms with E-state index in [1.54, 1.807) is 0 Å². The number of hydrogen-bond donors (Lipinski definition) is 6. The molecule has 0 saturated carbocycles. The lowest BCUT2D eigenvalue weighted by Gasteiger charge is -2.17. The van der Waals surface area contributed by atoms with E-state index in [4.69, 9.17) is 25.5 Å². The van der Waals surface area contributed by atoms with Gasteiger partial charge in [-0.1, -0.05) is 0 Å². The molecule has 8 N–H and O–H groups in total. The molecule has 0 spiro atoms. The number of aliphatic hydroxyl groups is 4. The molecule has 0 aromatic heterocycles. The maximum Gasteiger partial charge on any atom is 0.306 e. The van der Waals surface area contributed by atoms with Crippen molar-refractivity contribution in [1.82, 2.24) is 6.15 Å². The molecule has 0 aromatic rings. The van der Waals surface area contributed by atoms with Crippen molar-refractivity contribution in [3.63, 3.8) is 0 Å². The fraction of sp³-hybridized carbons (Fsp3) is 0.875. The van der Waals surface area contributed by atoms with Gasteiger partial charge < -0.3 is 31.7 Å². The number of carbonyl (C=O) groups is 1. The number of rotatable bonds is 7. The number of aliphatic hydroxyl groups excluding tert-OH is 4. The summed E-state index contributed by atoms with van der Waals surface area (Å²) in [5.41, 5.74) is 0. The Morgan fingerprint density at radius 1 is 1.00 bits per heavy atom. The summed E-state index contributed by atoms with van der Waals surface area (Å²) in [5, 5.41) is 43.7. The van der Waals surface area contributed by atoms with Gasteiger partial charge in [0.25, 0.3) is 0 Å². The fourth-order valence-electron chi connectivity index (χ4n) is 1.10. The average Bonchev–Trinajstić information content (AvgIpc) is 2.16. The minimum Gasteiger partial charge on any atom is -0.481 e. The highest BCUT2D eigenvalue weighted by Gasteiger charge is 2.23. The second-order valence-electron chi connectivity index (χ2n) is 3.18. The van der Waals surface area contributed by atoms with Gasteiger partial charge in [0.05, 0.1) is 31.3 Å². The van der Waals surface area contributed by atoms with E-state index in [0.717, 1.165) is 0 Å². The van der Waals surface area contributed by atoms with Crippen LogP contribution in [0.15, 0.2) is 0 Å². The van der Waals surface area contributed by atoms with Crippen LogP contribution >= 0.6 is 0 Å². The molecule has 7 nitrogen and oxygen atoms in total. The van der Waals surface area contributed by atoms with E-state index >= 15 is 0 Å². The van der Waals surface area contributed by atoms with Gasteiger partial charge in [-0.25, -0.2) is 0 Å². The van der Waals surface area contributed by atoms with Crippen LogP contribution in [0.1, 0.15) is 12.8 Å². The lowest BCUT2D eigenvalue weighted by atomic mass is 9.95. The SMILES string of the molecule is N.O=C(O)C(CC(O)CO)CC(O)CO. The van der Waals surface area contributed by atoms with Crippen molar-refractivity contribution in [3.05, 3.63) is 0 Å². The summed E-state index contributed by atoms with van der Waals surface area (Å²) in [4.78, 5) is 10.6. The lowest BCUT2D eigenvalue weighted by molar-refractivity contribution is -0.144. The van der Waals surface area contributed by atoms with Crippen LogP contribution in [0.2, 0.25) is 0 Å². The van der Waals surface area contributed by atoms with Crippen molar-refractivity contribution in [2.24, 2.45) is 5.92 Å². The quantitative estimate of drug-likeness (QED) is 0.303. The Hall–Kier alpha value is -0.730. The number of aliphatic carboxylic acids is 1. The molecule has 0 aliphatic carbocycles. The van der Waals surface area contributed by atoms with Crippen LogP contribution in [0.3, 0.4) is 0 Å². The zero-order valence-electron chi connectivity index (χ0n) is 8.41. The molecule has 0 saturated heterocycles. The molecule has 0 radical (unpaired) electrons. The molecular weight excluding hydrogens is 206 g/mol. The fourth-order valence-corrected chi connectivity index (χ4v) is 1.10. The predicted octanol–water partition coefficient (Wildman–Crippen LogP) is -1.66. The molecule has 0 aromatic carbocycles. The minimum atomic E-state index is -1.16. The van der Waals surface area contributed by atoms with Crippen molar-refractivity contribution in [1.29, 1.82) is 0 Å². The van der Waals surface area contributed by atoms with Crippen molar-refractivity contribution >= 4 is 5.97 Å². The second kappa shape index (κ2) is 8.57. The molecule has 0 aliphatic heterocycles. The molecule has 15 heavy (non-hydrogen) atoms. The summed E-state index contributed by atoms with van der Waals surface area (Å²) in [6.07, 6.45) is -2.49. The summed E-state index contributed by atoms with van der Waals surface area (Å²) < 4.78 is 0. The predicted molar refractivity (Wildman–Crippen MR) is 51.6 cm³/mol. The Kier molecular flexibility index (Phi) is 9.53. The van der Waals surface area contributed by atoms with E-state index in [1.807, 2.05) is 0 Å². The van der Waals surface area contributed by atoms with Crippen LogP contribution in [-0.2, 0) is 4.79 Å². The van der Waals surface area contributed by atoms with Gasteiger partial charge in [0.15, 0.2) is 0 Å². The van der Waals surface area contributed by atoms with Crippen molar-refractivity contribution in [2.45, 2.75) is 25.0 Å². The minimum absolute atomic E-state index is 0. The first kappa shape index (κ1) is 16.7. The summed E-state index contributed by atoms with van der Waals surface area (Å²) in [6.45, 7) is -1.03. The first-order valence-corrected chi connectivity index (χ1v) is 4.31. The molecule has 0 heterocycles. The van der Waals surface area contributed by atoms with E-state index < -0.39 is 37.3 Å². The van der Waals surface area contributed by atoms with Crippen LogP contribution in [0, 0.1) is 5.92 Å². The maximum absolute atomic E-state index is 10.6. The Morgan fingerprint density at radius 2 is 1.33 bits per heavy atom. The van der Waals surface area contributed by atoms with E-state index in [2.05, 4.69) is 0 Å². The highest BCUT2D eigenvalue weighted by atomic mass is 16.4. The van der Waals surface area contributed by atoms with Gasteiger partial charge in [0, 0.05) is 0 Å². The van der Waals surface area contributed by atoms with Crippen LogP contribution < -0.4 is 6.15 Å². The van der Waals surface area contributed by atoms with Gasteiger partial charge in [0.2, 0.25) is 0 Å². The van der Waals surface area contributed by atoms with Crippen molar-refractivity contribution < 1.29 is 30.3 Å². The Morgan fingerprint density at radius 3 is 1.53 bits per heavy atom. The van der Waals surface area contributed by atoms with Crippen LogP contribution in [0.4, 0.5) is 0 Å². The first-order chi connectivity index (χ1) is 6.51. The molecule has 92 valence electrons. The third-order valence-corrected chi connectivity index (χ3v) is 1.88. The Balaban J connectivity index is 0. The molecular formula is C8H19NO6. The zero-order chi connectivity index (χ0) is 11.1. The summed E-state index contributed by atoms with van der Waals surface area (Å²) >= 11 is 0. The summed E-state index contributed by atoms with van der Waals surface area (Å²) in [7, 11) is 0. The molecule has 0 fully saturated rings. The highest BCUT2D eigenvalue weighted by molar-refractivity contribution is 5.70. The van der Waals surface area contributed by atoms with E-state index in [-0.39, 0.29) is 19.0 Å². The van der Waals surface area contributed by atoms with Gasteiger partial charge in [-0.15, -0.1) is 0 Å². The normalized spacial score (nSPS) is 16.3. The Labute approximate surface area is 87.6 Å². The molecule has 0 amide bonds. The van der Waals surface area contributed by atoms with Crippen LogP contribution in [0.25, 0.3) is 0 Å². The van der Waals surface area contributed by atoms with Crippen LogP contribution in [-0.4, -0.2) is 56.9 Å². The molecule has 2 unspecified atom stereocenters. The largest absolute Gasteiger partial charge is 0.481 e. The summed E-state index contributed by atoms with van der Waals surface area (Å²) in [6, 6.07) is 0. The van der Waals surface area contributed by atoms with Gasteiger partial charge in [0.1, 0.15) is 0 Å². The summed E-state index contributed by atoms with van der Waals surface area (Å²) in [5.74, 6) is -2.12. The van der Waals surface area contributed by atoms with E-state index in [1.165, 1.54) is 0 Å². The number of carboxylic acids is 1. The standard InChI is InChI=1S/C8H16O6.H3N/c9-3-6(11)1-5(8(13)14)2-7(12)4-10;/h5-7,9-12H,1-4H2,(H,13,14);1H3. The zero-order valence-corrected chi connectivity index (χ0v) is 8.41. The highest BCUT2D eigenvalue weighted by Crippen LogP contribution is 2.14. The van der Waals surface area contributed by atoms with Crippen molar-refractivity contribution in [2.75, 3.05) is 13.2 Å². The molecule has 2 atom stereocenters. The van der Waals surface area contributed by atoms with Crippen LogP contribution in [0.5, 0.6) is 0 Å². The van der Waals surface area contributed by atoms with Gasteiger partial charge in [-0.2, -0.15) is 0 Å². The molecule has 0 rings (SSSR count). The topological polar surface area (TPSA) is 153 Å². The maximum atomic E-state index is 10.6. The van der Waals surface area contributed by atoms with E-state index in [9.17, 15) is 4.79 Å².